The molecule has 0 atom stereocenters. The molecule has 0 aromatic rings. The Hall–Kier alpha value is -1.42. The number of likely N-dealkylation sites (N-methyl/N-ethyl adjacent to an activating group) is 1. The molecule has 0 saturated heterocycles. The van der Waals surface area contributed by atoms with Crippen molar-refractivity contribution >= 4 is 12.1 Å². The third-order valence-electron chi connectivity index (χ3n) is 1.55. The number of allylic oxidation sites excluding steroid dienone is 2. The highest BCUT2D eigenvalue weighted by Gasteiger charge is 2.03. The van der Waals surface area contributed by atoms with Gasteiger partial charge in [0.2, 0.25) is 5.91 Å². The molecular weight excluding hydrogens is 202 g/mol. The highest BCUT2D eigenvalue weighted by atomic mass is 16.2. The van der Waals surface area contributed by atoms with Gasteiger partial charge < -0.3 is 10.2 Å². The van der Waals surface area contributed by atoms with Crippen molar-refractivity contribution in [3.05, 3.63) is 24.0 Å². The molecule has 0 radical (unpaired) electrons. The first kappa shape index (κ1) is 14.6. The van der Waals surface area contributed by atoms with Gasteiger partial charge in [0.1, 0.15) is 5.82 Å². The Kier molecular flexibility index (Phi) is 7.12. The van der Waals surface area contributed by atoms with E-state index < -0.39 is 0 Å². The summed E-state index contributed by atoms with van der Waals surface area (Å²) >= 11 is 0. The lowest BCUT2D eigenvalue weighted by Crippen LogP contribution is -2.32. The van der Waals surface area contributed by atoms with Crippen LogP contribution in [-0.2, 0) is 4.79 Å². The van der Waals surface area contributed by atoms with Crippen molar-refractivity contribution in [3.8, 4) is 0 Å². The second-order valence-corrected chi connectivity index (χ2v) is 3.89. The fourth-order valence-corrected chi connectivity index (χ4v) is 0.979. The van der Waals surface area contributed by atoms with Crippen LogP contribution < -0.4 is 5.32 Å². The molecule has 0 bridgehead atoms. The molecule has 0 aliphatic rings. The van der Waals surface area contributed by atoms with Crippen LogP contribution in [0.2, 0.25) is 0 Å². The Morgan fingerprint density at radius 2 is 2.12 bits per heavy atom. The van der Waals surface area contributed by atoms with E-state index in [4.69, 9.17) is 0 Å². The topological polar surface area (TPSA) is 44.7 Å². The number of hydrogen-bond acceptors (Lipinski definition) is 3. The maximum atomic E-state index is 11.5. The Bertz CT molecular complexity index is 303. The minimum Gasteiger partial charge on any atom is -0.310 e. The van der Waals surface area contributed by atoms with E-state index in [0.717, 1.165) is 12.0 Å². The molecule has 1 N–H and O–H groups in total. The van der Waals surface area contributed by atoms with Gasteiger partial charge in [-0.2, -0.15) is 0 Å². The SMILES string of the molecule is C=C(C)C=N/C(=C\CC)NC(=O)CN(C)C. The lowest BCUT2D eigenvalue weighted by molar-refractivity contribution is -0.121. The number of amides is 1. The fourth-order valence-electron chi connectivity index (χ4n) is 0.979. The van der Waals surface area contributed by atoms with Gasteiger partial charge in [-0.3, -0.25) is 4.79 Å². The summed E-state index contributed by atoms with van der Waals surface area (Å²) in [6.07, 6.45) is 4.33. The number of nitrogens with one attached hydrogen (secondary N) is 1. The minimum absolute atomic E-state index is 0.0661. The van der Waals surface area contributed by atoms with Crippen LogP contribution in [0, 0.1) is 0 Å². The van der Waals surface area contributed by atoms with Crippen LogP contribution in [0.5, 0.6) is 0 Å². The van der Waals surface area contributed by atoms with Gasteiger partial charge in [0.15, 0.2) is 0 Å². The van der Waals surface area contributed by atoms with Crippen LogP contribution in [0.15, 0.2) is 29.0 Å². The highest BCUT2D eigenvalue weighted by Crippen LogP contribution is 1.95. The summed E-state index contributed by atoms with van der Waals surface area (Å²) in [4.78, 5) is 17.4. The third kappa shape index (κ3) is 7.94. The molecule has 0 aromatic heterocycles. The Morgan fingerprint density at radius 3 is 2.56 bits per heavy atom. The van der Waals surface area contributed by atoms with Crippen LogP contribution in [0.3, 0.4) is 0 Å². The van der Waals surface area contributed by atoms with Crippen molar-refractivity contribution in [1.82, 2.24) is 10.2 Å². The molecule has 4 nitrogen and oxygen atoms in total. The first-order chi connectivity index (χ1) is 7.45. The number of carbonyl (C=O) groups is 1. The van der Waals surface area contributed by atoms with Crippen molar-refractivity contribution in [1.29, 1.82) is 0 Å². The van der Waals surface area contributed by atoms with E-state index >= 15 is 0 Å². The average Bonchev–Trinajstić information content (AvgIpc) is 2.13. The minimum atomic E-state index is -0.0661. The number of rotatable bonds is 6. The van der Waals surface area contributed by atoms with Crippen LogP contribution in [0.4, 0.5) is 0 Å². The summed E-state index contributed by atoms with van der Waals surface area (Å²) in [6, 6.07) is 0. The standard InChI is InChI=1S/C12H21N3O/c1-6-7-11(13-8-10(2)3)14-12(16)9-15(4)5/h7-8H,2,6,9H2,1,3-5H3,(H,14,16)/b11-7+,13-8?. The molecule has 0 saturated carbocycles. The molecule has 0 rings (SSSR count). The van der Waals surface area contributed by atoms with Crippen LogP contribution in [0.1, 0.15) is 20.3 Å². The lowest BCUT2D eigenvalue weighted by Gasteiger charge is -2.10. The van der Waals surface area contributed by atoms with Gasteiger partial charge in [-0.1, -0.05) is 13.5 Å². The van der Waals surface area contributed by atoms with Gasteiger partial charge in [0.25, 0.3) is 0 Å². The number of nitrogens with zero attached hydrogens (tertiary/aromatic N) is 2. The first-order valence-electron chi connectivity index (χ1n) is 5.30. The zero-order valence-corrected chi connectivity index (χ0v) is 10.6. The van der Waals surface area contributed by atoms with E-state index in [2.05, 4.69) is 16.9 Å². The summed E-state index contributed by atoms with van der Waals surface area (Å²) in [5.41, 5.74) is 0.851. The third-order valence-corrected chi connectivity index (χ3v) is 1.55. The van der Waals surface area contributed by atoms with Crippen molar-refractivity contribution in [2.75, 3.05) is 20.6 Å². The Labute approximate surface area is 97.7 Å². The Balaban J connectivity index is 4.41. The number of carbonyl (C=O) groups excluding carboxylic acids is 1. The van der Waals surface area contributed by atoms with Crippen LogP contribution >= 0.6 is 0 Å². The average molecular weight is 223 g/mol. The number of aliphatic imine (C=N–C) groups is 1. The molecule has 0 aromatic carbocycles. The highest BCUT2D eigenvalue weighted by molar-refractivity contribution is 5.81. The quantitative estimate of drug-likeness (QED) is 0.695. The molecule has 0 fully saturated rings. The van der Waals surface area contributed by atoms with Crippen molar-refractivity contribution in [3.63, 3.8) is 0 Å². The predicted molar refractivity (Wildman–Crippen MR) is 68.4 cm³/mol. The second-order valence-electron chi connectivity index (χ2n) is 3.89. The maximum absolute atomic E-state index is 11.5. The van der Waals surface area contributed by atoms with E-state index in [1.54, 1.807) is 11.1 Å². The predicted octanol–water partition coefficient (Wildman–Crippen LogP) is 1.56. The number of hydrogen-bond donors (Lipinski definition) is 1. The Morgan fingerprint density at radius 1 is 1.50 bits per heavy atom. The van der Waals surface area contributed by atoms with Crippen molar-refractivity contribution in [2.45, 2.75) is 20.3 Å². The molecule has 0 aliphatic heterocycles. The summed E-state index contributed by atoms with van der Waals surface area (Å²) < 4.78 is 0. The summed E-state index contributed by atoms with van der Waals surface area (Å²) in [5, 5.41) is 2.75. The van der Waals surface area contributed by atoms with Crippen molar-refractivity contribution in [2.24, 2.45) is 4.99 Å². The van der Waals surface area contributed by atoms with Crippen molar-refractivity contribution < 1.29 is 4.79 Å². The van der Waals surface area contributed by atoms with E-state index in [1.165, 1.54) is 0 Å². The van der Waals surface area contributed by atoms with Gasteiger partial charge in [0.05, 0.1) is 6.54 Å². The summed E-state index contributed by atoms with van der Waals surface area (Å²) in [7, 11) is 3.69. The molecule has 0 aliphatic carbocycles. The smallest absolute Gasteiger partial charge is 0.239 e. The normalized spacial score (nSPS) is 12.2. The molecule has 0 spiro atoms. The van der Waals surface area contributed by atoms with Crippen LogP contribution in [0.25, 0.3) is 0 Å². The van der Waals surface area contributed by atoms with Gasteiger partial charge in [-0.05, 0) is 39.1 Å². The van der Waals surface area contributed by atoms with E-state index in [-0.39, 0.29) is 5.91 Å². The molecule has 90 valence electrons. The second kappa shape index (κ2) is 7.82. The van der Waals surface area contributed by atoms with E-state index in [9.17, 15) is 4.79 Å². The van der Waals surface area contributed by atoms with E-state index in [0.29, 0.717) is 12.4 Å². The largest absolute Gasteiger partial charge is 0.310 e. The molecule has 0 unspecified atom stereocenters. The molecule has 4 heteroatoms. The molecular formula is C12H21N3O. The first-order valence-corrected chi connectivity index (χ1v) is 5.30. The monoisotopic (exact) mass is 223 g/mol. The summed E-state index contributed by atoms with van der Waals surface area (Å²) in [5.74, 6) is 0.515. The van der Waals surface area contributed by atoms with E-state index in [1.807, 2.05) is 34.0 Å². The lowest BCUT2D eigenvalue weighted by atomic mass is 10.4. The maximum Gasteiger partial charge on any atom is 0.239 e. The van der Waals surface area contributed by atoms with Gasteiger partial charge in [-0.15, -0.1) is 0 Å². The molecule has 0 heterocycles. The van der Waals surface area contributed by atoms with Crippen LogP contribution in [-0.4, -0.2) is 37.7 Å². The molecule has 16 heavy (non-hydrogen) atoms. The van der Waals surface area contributed by atoms with Gasteiger partial charge in [0, 0.05) is 6.21 Å². The zero-order valence-electron chi connectivity index (χ0n) is 10.6. The fraction of sp³-hybridized carbons (Fsp3) is 0.500. The van der Waals surface area contributed by atoms with Gasteiger partial charge in [-0.25, -0.2) is 4.99 Å². The van der Waals surface area contributed by atoms with Gasteiger partial charge >= 0.3 is 0 Å². The summed E-state index contributed by atoms with van der Waals surface area (Å²) in [6.45, 7) is 7.92. The molecule has 1 amide bonds. The zero-order chi connectivity index (χ0) is 12.6.